The topological polar surface area (TPSA) is 37.3 Å². The van der Waals surface area contributed by atoms with Crippen molar-refractivity contribution in [2.24, 2.45) is 0 Å². The van der Waals surface area contributed by atoms with E-state index in [4.69, 9.17) is 5.11 Å². The molecular weight excluding hydrogens is 250 g/mol. The van der Waals surface area contributed by atoms with Crippen LogP contribution in [0.3, 0.4) is 0 Å². The number of halogens is 2. The minimum Gasteiger partial charge on any atom is -0.478 e. The van der Waals surface area contributed by atoms with Crippen LogP contribution in [0.25, 0.3) is 0 Å². The van der Waals surface area contributed by atoms with Crippen molar-refractivity contribution in [3.8, 4) is 0 Å². The van der Waals surface area contributed by atoms with Gasteiger partial charge in [-0.1, -0.05) is 18.2 Å². The van der Waals surface area contributed by atoms with Gasteiger partial charge in [0.25, 0.3) is 0 Å². The number of carbonyl (C=O) groups is 1. The van der Waals surface area contributed by atoms with E-state index in [1.54, 1.807) is 12.1 Å². The first-order valence-corrected chi connectivity index (χ1v) is 5.82. The molecule has 0 aliphatic rings. The average molecular weight is 262 g/mol. The van der Waals surface area contributed by atoms with Gasteiger partial charge in [0.1, 0.15) is 0 Å². The second kappa shape index (κ2) is 5.61. The Morgan fingerprint density at radius 3 is 2.26 bits per heavy atom. The van der Waals surface area contributed by atoms with E-state index in [0.717, 1.165) is 17.7 Å². The first-order valence-electron chi connectivity index (χ1n) is 5.82. The molecule has 0 radical (unpaired) electrons. The van der Waals surface area contributed by atoms with Crippen molar-refractivity contribution in [2.45, 2.75) is 12.8 Å². The highest BCUT2D eigenvalue weighted by atomic mass is 19.2. The number of rotatable bonds is 4. The minimum atomic E-state index is -0.977. The number of aryl methyl sites for hydroxylation is 2. The van der Waals surface area contributed by atoms with Crippen molar-refractivity contribution in [2.75, 3.05) is 0 Å². The number of benzene rings is 2. The fourth-order valence-electron chi connectivity index (χ4n) is 1.84. The van der Waals surface area contributed by atoms with Gasteiger partial charge in [-0.15, -0.1) is 0 Å². The Balaban J connectivity index is 2.07. The smallest absolute Gasteiger partial charge is 0.335 e. The molecule has 0 unspecified atom stereocenters. The molecule has 4 heteroatoms. The van der Waals surface area contributed by atoms with E-state index in [1.165, 1.54) is 12.1 Å². The highest BCUT2D eigenvalue weighted by Crippen LogP contribution is 2.13. The van der Waals surface area contributed by atoms with Crippen molar-refractivity contribution in [1.82, 2.24) is 0 Å². The van der Waals surface area contributed by atoms with E-state index >= 15 is 0 Å². The Hall–Kier alpha value is -2.23. The van der Waals surface area contributed by atoms with Crippen LogP contribution in [-0.2, 0) is 12.8 Å². The Bertz CT molecular complexity index is 609. The van der Waals surface area contributed by atoms with Crippen LogP contribution >= 0.6 is 0 Å². The highest BCUT2D eigenvalue weighted by molar-refractivity contribution is 5.87. The van der Waals surface area contributed by atoms with Crippen LogP contribution in [-0.4, -0.2) is 11.1 Å². The van der Waals surface area contributed by atoms with Gasteiger partial charge in [0.2, 0.25) is 0 Å². The first kappa shape index (κ1) is 13.2. The maximum atomic E-state index is 13.0. The van der Waals surface area contributed by atoms with Crippen molar-refractivity contribution >= 4 is 5.97 Å². The molecule has 19 heavy (non-hydrogen) atoms. The third-order valence-electron chi connectivity index (χ3n) is 2.86. The molecule has 0 saturated carbocycles. The summed E-state index contributed by atoms with van der Waals surface area (Å²) in [6.45, 7) is 0. The third-order valence-corrected chi connectivity index (χ3v) is 2.86. The maximum absolute atomic E-state index is 13.0. The zero-order valence-corrected chi connectivity index (χ0v) is 10.1. The van der Waals surface area contributed by atoms with Gasteiger partial charge < -0.3 is 5.11 Å². The lowest BCUT2D eigenvalue weighted by atomic mass is 10.0. The second-order valence-electron chi connectivity index (χ2n) is 4.25. The summed E-state index contributed by atoms with van der Waals surface area (Å²) < 4.78 is 25.8. The molecule has 98 valence electrons. The van der Waals surface area contributed by atoms with Gasteiger partial charge in [0.15, 0.2) is 11.6 Å². The summed E-state index contributed by atoms with van der Waals surface area (Å²) in [5.41, 5.74) is 1.76. The van der Waals surface area contributed by atoms with E-state index in [-0.39, 0.29) is 5.56 Å². The Labute approximate surface area is 109 Å². The monoisotopic (exact) mass is 262 g/mol. The van der Waals surface area contributed by atoms with E-state index in [2.05, 4.69) is 0 Å². The Morgan fingerprint density at radius 2 is 1.63 bits per heavy atom. The molecule has 0 heterocycles. The zero-order chi connectivity index (χ0) is 13.8. The van der Waals surface area contributed by atoms with Crippen molar-refractivity contribution in [3.63, 3.8) is 0 Å². The molecule has 1 N–H and O–H groups in total. The highest BCUT2D eigenvalue weighted by Gasteiger charge is 2.05. The summed E-state index contributed by atoms with van der Waals surface area (Å²) in [5, 5.41) is 8.87. The number of carboxylic acids is 1. The summed E-state index contributed by atoms with van der Waals surface area (Å²) in [4.78, 5) is 10.8. The molecule has 2 nitrogen and oxygen atoms in total. The predicted molar refractivity (Wildman–Crippen MR) is 67.2 cm³/mol. The lowest BCUT2D eigenvalue weighted by Gasteiger charge is -2.04. The summed E-state index contributed by atoms with van der Waals surface area (Å²) in [6, 6.07) is 10.4. The molecule has 2 aromatic rings. The third kappa shape index (κ3) is 3.37. The van der Waals surface area contributed by atoms with Gasteiger partial charge in [0.05, 0.1) is 5.56 Å². The fourth-order valence-corrected chi connectivity index (χ4v) is 1.84. The molecule has 0 atom stereocenters. The SMILES string of the molecule is O=C(O)c1cccc(CCc2ccc(F)c(F)c2)c1. The van der Waals surface area contributed by atoms with Gasteiger partial charge in [-0.2, -0.15) is 0 Å². The number of aromatic carboxylic acids is 1. The molecule has 0 fully saturated rings. The average Bonchev–Trinajstić information content (AvgIpc) is 2.40. The van der Waals surface area contributed by atoms with Crippen LogP contribution in [0.15, 0.2) is 42.5 Å². The molecule has 2 aromatic carbocycles. The normalized spacial score (nSPS) is 10.4. The standard InChI is InChI=1S/C15H12F2O2/c16-13-7-6-11(9-14(13)17)5-4-10-2-1-3-12(8-10)15(18)19/h1-3,6-9H,4-5H2,(H,18,19). The van der Waals surface area contributed by atoms with Crippen LogP contribution in [0.1, 0.15) is 21.5 Å². The van der Waals surface area contributed by atoms with Gasteiger partial charge >= 0.3 is 5.97 Å². The number of hydrogen-bond acceptors (Lipinski definition) is 1. The molecule has 0 amide bonds. The fraction of sp³-hybridized carbons (Fsp3) is 0.133. The summed E-state index contributed by atoms with van der Waals surface area (Å²) >= 11 is 0. The van der Waals surface area contributed by atoms with Gasteiger partial charge in [-0.25, -0.2) is 13.6 Å². The molecule has 0 saturated heterocycles. The van der Waals surface area contributed by atoms with Gasteiger partial charge in [-0.05, 0) is 48.2 Å². The summed E-state index contributed by atoms with van der Waals surface area (Å²) in [6.07, 6.45) is 1.10. The lowest BCUT2D eigenvalue weighted by molar-refractivity contribution is 0.0696. The van der Waals surface area contributed by atoms with Crippen molar-refractivity contribution < 1.29 is 18.7 Å². The maximum Gasteiger partial charge on any atom is 0.335 e. The van der Waals surface area contributed by atoms with Crippen LogP contribution in [0.5, 0.6) is 0 Å². The molecular formula is C15H12F2O2. The van der Waals surface area contributed by atoms with Crippen LogP contribution in [0.4, 0.5) is 8.78 Å². The second-order valence-corrected chi connectivity index (χ2v) is 4.25. The van der Waals surface area contributed by atoms with Gasteiger partial charge in [-0.3, -0.25) is 0 Å². The Morgan fingerprint density at radius 1 is 0.947 bits per heavy atom. The summed E-state index contributed by atoms with van der Waals surface area (Å²) in [5.74, 6) is -2.71. The van der Waals surface area contributed by atoms with Crippen LogP contribution in [0, 0.1) is 11.6 Å². The quantitative estimate of drug-likeness (QED) is 0.916. The first-order chi connectivity index (χ1) is 9.06. The molecule has 2 rings (SSSR count). The number of hydrogen-bond donors (Lipinski definition) is 1. The van der Waals surface area contributed by atoms with E-state index < -0.39 is 17.6 Å². The zero-order valence-electron chi connectivity index (χ0n) is 10.1. The van der Waals surface area contributed by atoms with E-state index in [1.807, 2.05) is 6.07 Å². The molecule has 0 aliphatic heterocycles. The number of carboxylic acid groups (broad SMARTS) is 1. The van der Waals surface area contributed by atoms with Gasteiger partial charge in [0, 0.05) is 0 Å². The van der Waals surface area contributed by atoms with Crippen molar-refractivity contribution in [1.29, 1.82) is 0 Å². The van der Waals surface area contributed by atoms with E-state index in [9.17, 15) is 13.6 Å². The Kier molecular flexibility index (Phi) is 3.90. The minimum absolute atomic E-state index is 0.225. The molecule has 0 aliphatic carbocycles. The van der Waals surface area contributed by atoms with Crippen molar-refractivity contribution in [3.05, 3.63) is 70.8 Å². The predicted octanol–water partition coefficient (Wildman–Crippen LogP) is 3.45. The molecule has 0 bridgehead atoms. The molecule has 0 spiro atoms. The lowest BCUT2D eigenvalue weighted by Crippen LogP contribution is -1.99. The van der Waals surface area contributed by atoms with Crippen LogP contribution < -0.4 is 0 Å². The molecule has 0 aromatic heterocycles. The largest absolute Gasteiger partial charge is 0.478 e. The van der Waals surface area contributed by atoms with Crippen LogP contribution in [0.2, 0.25) is 0 Å². The van der Waals surface area contributed by atoms with E-state index in [0.29, 0.717) is 18.4 Å². The summed E-state index contributed by atoms with van der Waals surface area (Å²) in [7, 11) is 0.